The molecule has 0 spiro atoms. The molecule has 0 aliphatic rings. The molecule has 6 nitrogen and oxygen atoms in total. The first-order valence-corrected chi connectivity index (χ1v) is 6.64. The third-order valence-electron chi connectivity index (χ3n) is 2.63. The van der Waals surface area contributed by atoms with Gasteiger partial charge in [-0.3, -0.25) is 14.4 Å². The monoisotopic (exact) mass is 272 g/mol. The Labute approximate surface area is 113 Å². The zero-order valence-electron chi connectivity index (χ0n) is 11.7. The maximum atomic E-state index is 11.4. The predicted molar refractivity (Wildman–Crippen MR) is 71.6 cm³/mol. The summed E-state index contributed by atoms with van der Waals surface area (Å²) in [6.45, 7) is 4.32. The predicted octanol–water partition coefficient (Wildman–Crippen LogP) is 0.910. The summed E-state index contributed by atoms with van der Waals surface area (Å²) in [5.41, 5.74) is 0. The molecule has 0 fully saturated rings. The molecule has 0 rings (SSSR count). The fraction of sp³-hybridized carbons (Fsp3) is 0.769. The summed E-state index contributed by atoms with van der Waals surface area (Å²) in [5.74, 6) is -0.983. The van der Waals surface area contributed by atoms with Gasteiger partial charge in [-0.05, 0) is 18.8 Å². The molecule has 0 saturated carbocycles. The smallest absolute Gasteiger partial charge is 0.303 e. The van der Waals surface area contributed by atoms with E-state index in [2.05, 4.69) is 10.6 Å². The van der Waals surface area contributed by atoms with E-state index in [9.17, 15) is 14.4 Å². The van der Waals surface area contributed by atoms with Crippen molar-refractivity contribution in [2.45, 2.75) is 46.0 Å². The molecule has 0 aromatic carbocycles. The first kappa shape index (κ1) is 17.4. The minimum absolute atomic E-state index is 0.0369. The van der Waals surface area contributed by atoms with Gasteiger partial charge in [0.2, 0.25) is 11.8 Å². The van der Waals surface area contributed by atoms with E-state index in [0.717, 1.165) is 19.3 Å². The van der Waals surface area contributed by atoms with E-state index >= 15 is 0 Å². The number of rotatable bonds is 10. The number of carbonyl (C=O) groups excluding carboxylic acids is 2. The van der Waals surface area contributed by atoms with Crippen molar-refractivity contribution in [3.63, 3.8) is 0 Å². The summed E-state index contributed by atoms with van der Waals surface area (Å²) in [7, 11) is 0. The Bertz CT molecular complexity index is 305. The van der Waals surface area contributed by atoms with Crippen LogP contribution in [0.4, 0.5) is 0 Å². The average molecular weight is 272 g/mol. The third kappa shape index (κ3) is 12.7. The molecule has 3 N–H and O–H groups in total. The lowest BCUT2D eigenvalue weighted by atomic mass is 10.1. The van der Waals surface area contributed by atoms with E-state index in [1.807, 2.05) is 0 Å². The van der Waals surface area contributed by atoms with Crippen LogP contribution in [0.2, 0.25) is 0 Å². The Morgan fingerprint density at radius 3 is 2.37 bits per heavy atom. The van der Waals surface area contributed by atoms with Crippen molar-refractivity contribution in [2.75, 3.05) is 13.1 Å². The first-order chi connectivity index (χ1) is 8.91. The lowest BCUT2D eigenvalue weighted by Gasteiger charge is -2.10. The zero-order valence-corrected chi connectivity index (χ0v) is 11.7. The maximum Gasteiger partial charge on any atom is 0.303 e. The molecule has 0 aromatic rings. The van der Waals surface area contributed by atoms with Crippen LogP contribution in [0.1, 0.15) is 46.0 Å². The van der Waals surface area contributed by atoms with Crippen LogP contribution in [0.5, 0.6) is 0 Å². The summed E-state index contributed by atoms with van der Waals surface area (Å²) in [6, 6.07) is 0. The van der Waals surface area contributed by atoms with Crippen molar-refractivity contribution < 1.29 is 19.5 Å². The minimum atomic E-state index is -0.847. The van der Waals surface area contributed by atoms with Crippen molar-refractivity contribution in [1.82, 2.24) is 10.6 Å². The fourth-order valence-electron chi connectivity index (χ4n) is 1.60. The molecule has 0 aromatic heterocycles. The standard InChI is InChI=1S/C13H24N2O4/c1-10(8-13(18)19)9-15-12(17)6-4-3-5-7-14-11(2)16/h10H,3-9H2,1-2H3,(H,14,16)(H,15,17)(H,18,19). The van der Waals surface area contributed by atoms with Gasteiger partial charge in [-0.1, -0.05) is 13.3 Å². The summed E-state index contributed by atoms with van der Waals surface area (Å²) in [6.07, 6.45) is 3.04. The number of carbonyl (C=O) groups is 3. The van der Waals surface area contributed by atoms with Crippen LogP contribution in [0.15, 0.2) is 0 Å². The highest BCUT2D eigenvalue weighted by Gasteiger charge is 2.09. The number of aliphatic carboxylic acids is 1. The van der Waals surface area contributed by atoms with Crippen LogP contribution in [-0.4, -0.2) is 36.0 Å². The molecule has 0 bridgehead atoms. The number of hydrogen-bond acceptors (Lipinski definition) is 3. The summed E-state index contributed by atoms with van der Waals surface area (Å²) < 4.78 is 0. The van der Waals surface area contributed by atoms with Gasteiger partial charge in [-0.2, -0.15) is 0 Å². The average Bonchev–Trinajstić information content (AvgIpc) is 2.29. The molecular weight excluding hydrogens is 248 g/mol. The number of hydrogen-bond donors (Lipinski definition) is 3. The van der Waals surface area contributed by atoms with Gasteiger partial charge in [-0.25, -0.2) is 0 Å². The van der Waals surface area contributed by atoms with Crippen LogP contribution in [0.3, 0.4) is 0 Å². The highest BCUT2D eigenvalue weighted by atomic mass is 16.4. The number of carboxylic acids is 1. The topological polar surface area (TPSA) is 95.5 Å². The Hall–Kier alpha value is -1.59. The largest absolute Gasteiger partial charge is 0.481 e. The molecule has 2 amide bonds. The summed E-state index contributed by atoms with van der Waals surface area (Å²) >= 11 is 0. The lowest BCUT2D eigenvalue weighted by molar-refractivity contribution is -0.138. The Balaban J connectivity index is 3.44. The van der Waals surface area contributed by atoms with Crippen molar-refractivity contribution in [1.29, 1.82) is 0 Å². The molecule has 0 heterocycles. The van der Waals surface area contributed by atoms with E-state index in [1.165, 1.54) is 6.92 Å². The molecule has 1 atom stereocenters. The van der Waals surface area contributed by atoms with Crippen LogP contribution in [-0.2, 0) is 14.4 Å². The zero-order chi connectivity index (χ0) is 14.7. The van der Waals surface area contributed by atoms with Gasteiger partial charge in [0.25, 0.3) is 0 Å². The summed E-state index contributed by atoms with van der Waals surface area (Å²) in [4.78, 5) is 32.5. The minimum Gasteiger partial charge on any atom is -0.481 e. The van der Waals surface area contributed by atoms with Crippen LogP contribution >= 0.6 is 0 Å². The Morgan fingerprint density at radius 1 is 1.11 bits per heavy atom. The highest BCUT2D eigenvalue weighted by molar-refractivity contribution is 5.76. The molecule has 0 aliphatic heterocycles. The molecule has 19 heavy (non-hydrogen) atoms. The van der Waals surface area contributed by atoms with Gasteiger partial charge in [0, 0.05) is 32.9 Å². The van der Waals surface area contributed by atoms with Gasteiger partial charge in [0.1, 0.15) is 0 Å². The normalized spacial score (nSPS) is 11.7. The Kier molecular flexibility index (Phi) is 9.48. The van der Waals surface area contributed by atoms with Crippen LogP contribution in [0.25, 0.3) is 0 Å². The van der Waals surface area contributed by atoms with Crippen molar-refractivity contribution in [3.05, 3.63) is 0 Å². The van der Waals surface area contributed by atoms with Gasteiger partial charge >= 0.3 is 5.97 Å². The van der Waals surface area contributed by atoms with Crippen LogP contribution < -0.4 is 10.6 Å². The molecule has 0 radical (unpaired) electrons. The molecule has 1 unspecified atom stereocenters. The third-order valence-corrected chi connectivity index (χ3v) is 2.63. The summed E-state index contributed by atoms with van der Waals surface area (Å²) in [5, 5.41) is 14.0. The van der Waals surface area contributed by atoms with Gasteiger partial charge in [0.15, 0.2) is 0 Å². The van der Waals surface area contributed by atoms with E-state index < -0.39 is 5.97 Å². The van der Waals surface area contributed by atoms with Crippen molar-refractivity contribution in [3.8, 4) is 0 Å². The van der Waals surface area contributed by atoms with E-state index in [-0.39, 0.29) is 24.2 Å². The van der Waals surface area contributed by atoms with Gasteiger partial charge in [-0.15, -0.1) is 0 Å². The number of carboxylic acid groups (broad SMARTS) is 1. The first-order valence-electron chi connectivity index (χ1n) is 6.64. The van der Waals surface area contributed by atoms with E-state index in [0.29, 0.717) is 19.5 Å². The molecule has 0 saturated heterocycles. The molecule has 0 aliphatic carbocycles. The van der Waals surface area contributed by atoms with E-state index in [4.69, 9.17) is 5.11 Å². The Morgan fingerprint density at radius 2 is 1.79 bits per heavy atom. The highest BCUT2D eigenvalue weighted by Crippen LogP contribution is 2.02. The second-order valence-corrected chi connectivity index (χ2v) is 4.80. The van der Waals surface area contributed by atoms with Crippen LogP contribution in [0, 0.1) is 5.92 Å². The second-order valence-electron chi connectivity index (χ2n) is 4.80. The van der Waals surface area contributed by atoms with Crippen molar-refractivity contribution in [2.24, 2.45) is 5.92 Å². The number of unbranched alkanes of at least 4 members (excludes halogenated alkanes) is 2. The number of nitrogens with one attached hydrogen (secondary N) is 2. The van der Waals surface area contributed by atoms with Gasteiger partial charge in [0.05, 0.1) is 0 Å². The maximum absolute atomic E-state index is 11.4. The van der Waals surface area contributed by atoms with Gasteiger partial charge < -0.3 is 15.7 Å². The molecule has 6 heteroatoms. The van der Waals surface area contributed by atoms with Crippen molar-refractivity contribution >= 4 is 17.8 Å². The fourth-order valence-corrected chi connectivity index (χ4v) is 1.60. The molecule has 110 valence electrons. The van der Waals surface area contributed by atoms with E-state index in [1.54, 1.807) is 6.92 Å². The number of amides is 2. The second kappa shape index (κ2) is 10.3. The SMILES string of the molecule is CC(=O)NCCCCCC(=O)NCC(C)CC(=O)O. The molecular formula is C13H24N2O4. The quantitative estimate of drug-likeness (QED) is 0.515. The lowest BCUT2D eigenvalue weighted by Crippen LogP contribution is -2.29.